The third kappa shape index (κ3) is 2.78. The average molecular weight is 169 g/mol. The molecule has 0 saturated heterocycles. The van der Waals surface area contributed by atoms with Crippen molar-refractivity contribution in [3.63, 3.8) is 0 Å². The predicted molar refractivity (Wildman–Crippen MR) is 54.0 cm³/mol. The van der Waals surface area contributed by atoms with E-state index >= 15 is 0 Å². The Morgan fingerprint density at radius 3 is 2.33 bits per heavy atom. The van der Waals surface area contributed by atoms with E-state index in [-0.39, 0.29) is 0 Å². The van der Waals surface area contributed by atoms with Gasteiger partial charge in [-0.25, -0.2) is 0 Å². The zero-order valence-corrected chi connectivity index (χ0v) is 8.55. The lowest BCUT2D eigenvalue weighted by Crippen LogP contribution is -2.32. The first-order valence-corrected chi connectivity index (χ1v) is 5.44. The number of rotatable bonds is 5. The molecule has 1 nitrogen and oxygen atoms in total. The van der Waals surface area contributed by atoms with Gasteiger partial charge >= 0.3 is 0 Å². The van der Waals surface area contributed by atoms with Crippen molar-refractivity contribution < 1.29 is 0 Å². The summed E-state index contributed by atoms with van der Waals surface area (Å²) < 4.78 is 0. The van der Waals surface area contributed by atoms with E-state index in [1.165, 1.54) is 32.1 Å². The zero-order chi connectivity index (χ0) is 8.97. The summed E-state index contributed by atoms with van der Waals surface area (Å²) in [4.78, 5) is 0. The van der Waals surface area contributed by atoms with Gasteiger partial charge in [0.25, 0.3) is 0 Å². The summed E-state index contributed by atoms with van der Waals surface area (Å²) in [7, 11) is 0. The van der Waals surface area contributed by atoms with Crippen LogP contribution in [0.25, 0.3) is 0 Å². The van der Waals surface area contributed by atoms with Crippen LogP contribution in [0.1, 0.15) is 46.0 Å². The second-order valence-electron chi connectivity index (χ2n) is 4.66. The first kappa shape index (κ1) is 10.0. The number of hydrogen-bond donors (Lipinski definition) is 1. The minimum Gasteiger partial charge on any atom is -0.330 e. The molecule has 1 rings (SSSR count). The molecule has 12 heavy (non-hydrogen) atoms. The molecule has 2 atom stereocenters. The Morgan fingerprint density at radius 2 is 1.92 bits per heavy atom. The minimum absolute atomic E-state index is 0.872. The van der Waals surface area contributed by atoms with Crippen LogP contribution in [0.3, 0.4) is 0 Å². The van der Waals surface area contributed by atoms with Crippen LogP contribution in [-0.4, -0.2) is 6.54 Å². The van der Waals surface area contributed by atoms with Crippen molar-refractivity contribution in [1.82, 2.24) is 0 Å². The van der Waals surface area contributed by atoms with Crippen molar-refractivity contribution in [2.45, 2.75) is 46.0 Å². The third-order valence-corrected chi connectivity index (χ3v) is 3.23. The molecule has 0 aliphatic heterocycles. The summed E-state index contributed by atoms with van der Waals surface area (Å²) >= 11 is 0. The van der Waals surface area contributed by atoms with E-state index in [1.54, 1.807) is 0 Å². The average Bonchev–Trinajstić information content (AvgIpc) is 1.96. The second-order valence-corrected chi connectivity index (χ2v) is 4.66. The quantitative estimate of drug-likeness (QED) is 0.673. The summed E-state index contributed by atoms with van der Waals surface area (Å²) in [6.07, 6.45) is 7.08. The highest BCUT2D eigenvalue weighted by Crippen LogP contribution is 2.37. The molecule has 2 unspecified atom stereocenters. The van der Waals surface area contributed by atoms with Crippen molar-refractivity contribution in [2.75, 3.05) is 6.54 Å². The van der Waals surface area contributed by atoms with Crippen LogP contribution >= 0.6 is 0 Å². The van der Waals surface area contributed by atoms with Gasteiger partial charge in [0.1, 0.15) is 0 Å². The Balaban J connectivity index is 2.00. The van der Waals surface area contributed by atoms with Crippen molar-refractivity contribution in [1.29, 1.82) is 0 Å². The summed E-state index contributed by atoms with van der Waals surface area (Å²) in [6.45, 7) is 5.54. The molecule has 72 valence electrons. The first-order chi connectivity index (χ1) is 5.74. The Bertz CT molecular complexity index is 118. The number of hydrogen-bond acceptors (Lipinski definition) is 1. The van der Waals surface area contributed by atoms with Crippen LogP contribution in [0.15, 0.2) is 0 Å². The second kappa shape index (κ2) is 4.86. The van der Waals surface area contributed by atoms with Gasteiger partial charge in [-0.2, -0.15) is 0 Å². The van der Waals surface area contributed by atoms with Gasteiger partial charge in [0.05, 0.1) is 0 Å². The molecule has 1 fully saturated rings. The standard InChI is InChI=1S/C11H23N/c1-9(2)4-3-5-10-6-7-11(10)8-12/h9-11H,3-8,12H2,1-2H3. The van der Waals surface area contributed by atoms with Gasteiger partial charge < -0.3 is 5.73 Å². The van der Waals surface area contributed by atoms with Gasteiger partial charge in [0, 0.05) is 0 Å². The number of nitrogens with two attached hydrogens (primary N) is 1. The molecule has 1 aliphatic carbocycles. The SMILES string of the molecule is CC(C)CCCC1CCC1CN. The van der Waals surface area contributed by atoms with Crippen molar-refractivity contribution in [3.8, 4) is 0 Å². The van der Waals surface area contributed by atoms with Crippen LogP contribution in [-0.2, 0) is 0 Å². The molecule has 2 N–H and O–H groups in total. The predicted octanol–water partition coefficient (Wildman–Crippen LogP) is 2.80. The van der Waals surface area contributed by atoms with Crippen LogP contribution < -0.4 is 5.73 Å². The lowest BCUT2D eigenvalue weighted by atomic mass is 9.71. The first-order valence-electron chi connectivity index (χ1n) is 5.44. The molecular formula is C11H23N. The van der Waals surface area contributed by atoms with Gasteiger partial charge in [0.15, 0.2) is 0 Å². The Kier molecular flexibility index (Phi) is 4.07. The maximum Gasteiger partial charge on any atom is -0.00462 e. The minimum atomic E-state index is 0.872. The molecular weight excluding hydrogens is 146 g/mol. The summed E-state index contributed by atoms with van der Waals surface area (Å²) in [5.41, 5.74) is 5.66. The van der Waals surface area contributed by atoms with Crippen molar-refractivity contribution >= 4 is 0 Å². The van der Waals surface area contributed by atoms with E-state index in [1.807, 2.05) is 0 Å². The molecule has 0 bridgehead atoms. The molecule has 0 aromatic heterocycles. The Labute approximate surface area is 76.7 Å². The van der Waals surface area contributed by atoms with E-state index in [2.05, 4.69) is 13.8 Å². The molecule has 0 aromatic carbocycles. The van der Waals surface area contributed by atoms with Gasteiger partial charge in [-0.15, -0.1) is 0 Å². The molecule has 0 radical (unpaired) electrons. The van der Waals surface area contributed by atoms with Crippen LogP contribution in [0, 0.1) is 17.8 Å². The van der Waals surface area contributed by atoms with E-state index in [0.29, 0.717) is 0 Å². The smallest absolute Gasteiger partial charge is 0.00462 e. The third-order valence-electron chi connectivity index (χ3n) is 3.23. The normalized spacial score (nSPS) is 29.0. The van der Waals surface area contributed by atoms with E-state index in [0.717, 1.165) is 24.3 Å². The molecule has 1 heteroatoms. The molecule has 1 aliphatic rings. The molecule has 0 aromatic rings. The van der Waals surface area contributed by atoms with Gasteiger partial charge in [0.2, 0.25) is 0 Å². The van der Waals surface area contributed by atoms with Gasteiger partial charge in [-0.3, -0.25) is 0 Å². The Hall–Kier alpha value is -0.0400. The van der Waals surface area contributed by atoms with Crippen LogP contribution in [0.5, 0.6) is 0 Å². The highest BCUT2D eigenvalue weighted by atomic mass is 14.6. The molecule has 0 spiro atoms. The summed E-state index contributed by atoms with van der Waals surface area (Å²) in [6, 6.07) is 0. The van der Waals surface area contributed by atoms with Crippen LogP contribution in [0.2, 0.25) is 0 Å². The highest BCUT2D eigenvalue weighted by Gasteiger charge is 2.28. The fourth-order valence-corrected chi connectivity index (χ4v) is 2.12. The molecule has 0 amide bonds. The van der Waals surface area contributed by atoms with Gasteiger partial charge in [-0.1, -0.05) is 33.1 Å². The largest absolute Gasteiger partial charge is 0.330 e. The van der Waals surface area contributed by atoms with E-state index < -0.39 is 0 Å². The van der Waals surface area contributed by atoms with Crippen molar-refractivity contribution in [2.24, 2.45) is 23.5 Å². The highest BCUT2D eigenvalue weighted by molar-refractivity contribution is 4.80. The van der Waals surface area contributed by atoms with E-state index in [4.69, 9.17) is 5.73 Å². The lowest BCUT2D eigenvalue weighted by Gasteiger charge is -2.36. The van der Waals surface area contributed by atoms with Crippen LogP contribution in [0.4, 0.5) is 0 Å². The topological polar surface area (TPSA) is 26.0 Å². The zero-order valence-electron chi connectivity index (χ0n) is 8.55. The summed E-state index contributed by atoms with van der Waals surface area (Å²) in [5, 5.41) is 0. The lowest BCUT2D eigenvalue weighted by molar-refractivity contribution is 0.166. The van der Waals surface area contributed by atoms with Crippen molar-refractivity contribution in [3.05, 3.63) is 0 Å². The summed E-state index contributed by atoms with van der Waals surface area (Å²) in [5.74, 6) is 2.73. The maximum atomic E-state index is 5.66. The fourth-order valence-electron chi connectivity index (χ4n) is 2.12. The maximum absolute atomic E-state index is 5.66. The Morgan fingerprint density at radius 1 is 1.25 bits per heavy atom. The monoisotopic (exact) mass is 169 g/mol. The fraction of sp³-hybridized carbons (Fsp3) is 1.00. The molecule has 1 saturated carbocycles. The van der Waals surface area contributed by atoms with E-state index in [9.17, 15) is 0 Å². The van der Waals surface area contributed by atoms with Gasteiger partial charge in [-0.05, 0) is 37.1 Å². The molecule has 0 heterocycles.